The first-order chi connectivity index (χ1) is 10.5. The molecule has 1 heterocycles. The molecule has 7 heteroatoms. The van der Waals surface area contributed by atoms with Crippen molar-refractivity contribution < 1.29 is 24.2 Å². The van der Waals surface area contributed by atoms with Crippen LogP contribution in [-0.4, -0.2) is 42.1 Å². The minimum atomic E-state index is -1.12. The van der Waals surface area contributed by atoms with Gasteiger partial charge in [0.15, 0.2) is 0 Å². The van der Waals surface area contributed by atoms with Crippen LogP contribution in [0.1, 0.15) is 18.4 Å². The Morgan fingerprint density at radius 3 is 2.86 bits per heavy atom. The average molecular weight is 306 g/mol. The third kappa shape index (κ3) is 3.97. The molecule has 0 bridgehead atoms. The van der Waals surface area contributed by atoms with Gasteiger partial charge < -0.3 is 20.5 Å². The Bertz CT molecular complexity index is 587. The van der Waals surface area contributed by atoms with Gasteiger partial charge in [0.25, 0.3) is 0 Å². The van der Waals surface area contributed by atoms with Gasteiger partial charge in [-0.1, -0.05) is 12.1 Å². The van der Waals surface area contributed by atoms with E-state index in [0.29, 0.717) is 12.2 Å². The summed E-state index contributed by atoms with van der Waals surface area (Å²) >= 11 is 0. The Hall–Kier alpha value is -2.57. The second kappa shape index (κ2) is 6.93. The summed E-state index contributed by atoms with van der Waals surface area (Å²) in [5, 5.41) is 14.3. The van der Waals surface area contributed by atoms with Crippen molar-refractivity contribution in [3.63, 3.8) is 0 Å². The highest BCUT2D eigenvalue weighted by Gasteiger charge is 2.30. The van der Waals surface area contributed by atoms with Crippen molar-refractivity contribution in [2.24, 2.45) is 0 Å². The Kier molecular flexibility index (Phi) is 4.98. The summed E-state index contributed by atoms with van der Waals surface area (Å²) in [7, 11) is 1.53. The largest absolute Gasteiger partial charge is 0.497 e. The molecule has 3 N–H and O–H groups in total. The van der Waals surface area contributed by atoms with Crippen LogP contribution in [0.15, 0.2) is 24.3 Å². The van der Waals surface area contributed by atoms with Gasteiger partial charge in [0.1, 0.15) is 17.8 Å². The Morgan fingerprint density at radius 1 is 1.50 bits per heavy atom. The van der Waals surface area contributed by atoms with E-state index in [9.17, 15) is 19.5 Å². The van der Waals surface area contributed by atoms with Crippen molar-refractivity contribution in [3.05, 3.63) is 29.8 Å². The zero-order valence-electron chi connectivity index (χ0n) is 12.2. The predicted molar refractivity (Wildman–Crippen MR) is 77.4 cm³/mol. The first kappa shape index (κ1) is 15.8. The molecule has 1 aromatic carbocycles. The third-order valence-corrected chi connectivity index (χ3v) is 3.50. The lowest BCUT2D eigenvalue weighted by Crippen LogP contribution is -2.49. The van der Waals surface area contributed by atoms with E-state index in [1.54, 1.807) is 24.3 Å². The lowest BCUT2D eigenvalue weighted by molar-refractivity contribution is -0.142. The lowest BCUT2D eigenvalue weighted by atomic mass is 10.0. The van der Waals surface area contributed by atoms with Gasteiger partial charge in [-0.2, -0.15) is 0 Å². The van der Waals surface area contributed by atoms with Crippen molar-refractivity contribution >= 4 is 17.8 Å². The van der Waals surface area contributed by atoms with Crippen LogP contribution in [0, 0.1) is 0 Å². The summed E-state index contributed by atoms with van der Waals surface area (Å²) in [5.74, 6) is -1.17. The number of amides is 2. The molecule has 2 amide bonds. The minimum Gasteiger partial charge on any atom is -0.497 e. The number of benzene rings is 1. The second-order valence-electron chi connectivity index (χ2n) is 5.11. The van der Waals surface area contributed by atoms with Crippen LogP contribution in [0.25, 0.3) is 0 Å². The number of aliphatic carboxylic acids is 1. The Morgan fingerprint density at radius 2 is 2.27 bits per heavy atom. The number of carboxylic acids is 1. The molecule has 1 saturated heterocycles. The maximum atomic E-state index is 12.0. The van der Waals surface area contributed by atoms with Crippen molar-refractivity contribution in [2.45, 2.75) is 31.3 Å². The minimum absolute atomic E-state index is 0.138. The van der Waals surface area contributed by atoms with Crippen LogP contribution in [0.2, 0.25) is 0 Å². The van der Waals surface area contributed by atoms with Crippen LogP contribution in [0.4, 0.5) is 0 Å². The normalized spacial score (nSPS) is 18.4. The highest BCUT2D eigenvalue weighted by molar-refractivity contribution is 5.92. The van der Waals surface area contributed by atoms with E-state index in [2.05, 4.69) is 10.6 Å². The topological polar surface area (TPSA) is 105 Å². The summed E-state index contributed by atoms with van der Waals surface area (Å²) in [6, 6.07) is 5.29. The molecule has 1 aliphatic heterocycles. The molecular formula is C15H18N2O5. The van der Waals surface area contributed by atoms with E-state index in [4.69, 9.17) is 4.74 Å². The number of rotatable bonds is 6. The number of carbonyl (C=O) groups excluding carboxylic acids is 2. The number of carboxylic acid groups (broad SMARTS) is 1. The Balaban J connectivity index is 2.01. The third-order valence-electron chi connectivity index (χ3n) is 3.50. The van der Waals surface area contributed by atoms with E-state index in [1.165, 1.54) is 7.11 Å². The van der Waals surface area contributed by atoms with E-state index in [1.807, 2.05) is 0 Å². The maximum Gasteiger partial charge on any atom is 0.326 e. The monoisotopic (exact) mass is 306 g/mol. The molecule has 2 rings (SSSR count). The summed E-state index contributed by atoms with van der Waals surface area (Å²) < 4.78 is 5.09. The van der Waals surface area contributed by atoms with Crippen molar-refractivity contribution in [1.82, 2.24) is 10.6 Å². The SMILES string of the molecule is COc1cccc(C[C@H](NC(=O)[C@H]2CCC(=O)N2)C(=O)O)c1. The highest BCUT2D eigenvalue weighted by atomic mass is 16.5. The van der Waals surface area contributed by atoms with Gasteiger partial charge >= 0.3 is 5.97 Å². The summed E-state index contributed by atoms with van der Waals surface area (Å²) in [6.07, 6.45) is 0.806. The van der Waals surface area contributed by atoms with Gasteiger partial charge in [-0.25, -0.2) is 4.79 Å². The molecule has 7 nitrogen and oxygen atoms in total. The van der Waals surface area contributed by atoms with E-state index in [-0.39, 0.29) is 18.7 Å². The molecule has 0 spiro atoms. The molecule has 118 valence electrons. The number of hydrogen-bond donors (Lipinski definition) is 3. The van der Waals surface area contributed by atoms with E-state index >= 15 is 0 Å². The molecule has 0 radical (unpaired) electrons. The van der Waals surface area contributed by atoms with Crippen LogP contribution in [0.3, 0.4) is 0 Å². The van der Waals surface area contributed by atoms with Crippen LogP contribution < -0.4 is 15.4 Å². The van der Waals surface area contributed by atoms with Crippen molar-refractivity contribution in [1.29, 1.82) is 0 Å². The molecule has 1 aromatic rings. The predicted octanol–water partition coefficient (Wildman–Crippen LogP) is 0.0857. The van der Waals surface area contributed by atoms with Crippen LogP contribution in [-0.2, 0) is 20.8 Å². The molecule has 0 aliphatic carbocycles. The van der Waals surface area contributed by atoms with E-state index < -0.39 is 24.0 Å². The summed E-state index contributed by atoms with van der Waals surface area (Å²) in [5.41, 5.74) is 0.738. The van der Waals surface area contributed by atoms with Gasteiger partial charge in [0.2, 0.25) is 11.8 Å². The molecular weight excluding hydrogens is 288 g/mol. The fourth-order valence-electron chi connectivity index (χ4n) is 2.32. The van der Waals surface area contributed by atoms with Gasteiger partial charge in [-0.15, -0.1) is 0 Å². The van der Waals surface area contributed by atoms with Crippen LogP contribution in [0.5, 0.6) is 5.75 Å². The Labute approximate surface area is 127 Å². The smallest absolute Gasteiger partial charge is 0.326 e. The first-order valence-corrected chi connectivity index (χ1v) is 6.95. The van der Waals surface area contributed by atoms with Gasteiger partial charge in [0, 0.05) is 12.8 Å². The number of methoxy groups -OCH3 is 1. The van der Waals surface area contributed by atoms with E-state index in [0.717, 1.165) is 5.56 Å². The summed E-state index contributed by atoms with van der Waals surface area (Å²) in [6.45, 7) is 0. The van der Waals surface area contributed by atoms with Crippen molar-refractivity contribution in [3.8, 4) is 5.75 Å². The number of carbonyl (C=O) groups is 3. The standard InChI is InChI=1S/C15H18N2O5/c1-22-10-4-2-3-9(7-10)8-12(15(20)21)17-14(19)11-5-6-13(18)16-11/h2-4,7,11-12H,5-6,8H2,1H3,(H,16,18)(H,17,19)(H,20,21)/t11-,12+/m1/s1. The molecule has 1 fully saturated rings. The zero-order valence-corrected chi connectivity index (χ0v) is 12.2. The molecule has 0 aromatic heterocycles. The highest BCUT2D eigenvalue weighted by Crippen LogP contribution is 2.14. The lowest BCUT2D eigenvalue weighted by Gasteiger charge is -2.17. The first-order valence-electron chi connectivity index (χ1n) is 6.95. The van der Waals surface area contributed by atoms with Crippen LogP contribution >= 0.6 is 0 Å². The molecule has 0 saturated carbocycles. The number of ether oxygens (including phenoxy) is 1. The number of hydrogen-bond acceptors (Lipinski definition) is 4. The summed E-state index contributed by atoms with van der Waals surface area (Å²) in [4.78, 5) is 34.5. The average Bonchev–Trinajstić information content (AvgIpc) is 2.93. The quantitative estimate of drug-likeness (QED) is 0.690. The maximum absolute atomic E-state index is 12.0. The zero-order chi connectivity index (χ0) is 16.1. The fraction of sp³-hybridized carbons (Fsp3) is 0.400. The molecule has 22 heavy (non-hydrogen) atoms. The van der Waals surface area contributed by atoms with Gasteiger partial charge in [-0.3, -0.25) is 9.59 Å². The molecule has 1 aliphatic rings. The molecule has 2 atom stereocenters. The fourth-order valence-corrected chi connectivity index (χ4v) is 2.32. The second-order valence-corrected chi connectivity index (χ2v) is 5.11. The number of nitrogens with one attached hydrogen (secondary N) is 2. The van der Waals surface area contributed by atoms with Gasteiger partial charge in [0.05, 0.1) is 7.11 Å². The van der Waals surface area contributed by atoms with Crippen molar-refractivity contribution in [2.75, 3.05) is 7.11 Å². The van der Waals surface area contributed by atoms with Gasteiger partial charge in [-0.05, 0) is 24.1 Å². The molecule has 0 unspecified atom stereocenters.